The van der Waals surface area contributed by atoms with Gasteiger partial charge in [-0.25, -0.2) is 13.8 Å². The number of aryl methyl sites for hydroxylation is 1. The van der Waals surface area contributed by atoms with Crippen molar-refractivity contribution in [1.82, 2.24) is 29.7 Å². The fraction of sp³-hybridized carbons (Fsp3) is 0.500. The molecule has 2 fully saturated rings. The van der Waals surface area contributed by atoms with Gasteiger partial charge in [-0.1, -0.05) is 11.6 Å². The summed E-state index contributed by atoms with van der Waals surface area (Å²) < 4.78 is 30.1. The number of carbonyl (C=O) groups excluding carboxylic acids is 1. The monoisotopic (exact) mass is 576 g/mol. The van der Waals surface area contributed by atoms with Gasteiger partial charge >= 0.3 is 11.1 Å². The molecule has 1 atom stereocenters. The molecule has 3 aromatic rings. The Morgan fingerprint density at radius 3 is 2.62 bits per heavy atom. The standard InChI is InChI=1S/C26H31ClF2N8O3/c1-30-21(38)5-9-36-20-12-17(2-3-19(20)37(24(40)23(36)39)15-16-4-8-31-13-16)33-22-18(27)14-32-25(34-22)35-10-6-26(28,29)7-11-35/h2-3,12,14,16,31H,4-11,13,15H2,1H3,(H,30,38)(H,32,33,34). The molecule has 0 aliphatic carbocycles. The number of piperidine rings is 1. The molecule has 0 bridgehead atoms. The van der Waals surface area contributed by atoms with Crippen molar-refractivity contribution in [3.63, 3.8) is 0 Å². The molecule has 0 radical (unpaired) electrons. The highest BCUT2D eigenvalue weighted by Crippen LogP contribution is 2.31. The zero-order valence-corrected chi connectivity index (χ0v) is 22.8. The Kier molecular flexibility index (Phi) is 8.04. The van der Waals surface area contributed by atoms with Gasteiger partial charge in [-0.05, 0) is 43.6 Å². The number of amides is 1. The number of hydrogen-bond donors (Lipinski definition) is 3. The maximum Gasteiger partial charge on any atom is 0.316 e. The Morgan fingerprint density at radius 2 is 1.93 bits per heavy atom. The lowest BCUT2D eigenvalue weighted by atomic mass is 10.1. The summed E-state index contributed by atoms with van der Waals surface area (Å²) in [7, 11) is 1.51. The number of benzene rings is 1. The molecular formula is C26H31ClF2N8O3. The van der Waals surface area contributed by atoms with Crippen LogP contribution in [0.3, 0.4) is 0 Å². The van der Waals surface area contributed by atoms with E-state index in [1.807, 2.05) is 0 Å². The number of rotatable bonds is 8. The first kappa shape index (κ1) is 28.0. The molecule has 1 unspecified atom stereocenters. The third-order valence-electron chi connectivity index (χ3n) is 7.45. The molecule has 2 saturated heterocycles. The van der Waals surface area contributed by atoms with Gasteiger partial charge in [0.1, 0.15) is 5.02 Å². The minimum Gasteiger partial charge on any atom is -0.359 e. The second-order valence-corrected chi connectivity index (χ2v) is 10.6. The average molecular weight is 577 g/mol. The van der Waals surface area contributed by atoms with E-state index in [4.69, 9.17) is 11.6 Å². The van der Waals surface area contributed by atoms with E-state index in [0.29, 0.717) is 23.3 Å². The number of carbonyl (C=O) groups is 1. The van der Waals surface area contributed by atoms with Gasteiger partial charge in [0.15, 0.2) is 5.82 Å². The van der Waals surface area contributed by atoms with Crippen LogP contribution >= 0.6 is 11.6 Å². The summed E-state index contributed by atoms with van der Waals surface area (Å²) in [5.41, 5.74) is 0.247. The van der Waals surface area contributed by atoms with Crippen LogP contribution in [-0.4, -0.2) is 64.2 Å². The van der Waals surface area contributed by atoms with Crippen LogP contribution in [0.5, 0.6) is 0 Å². The summed E-state index contributed by atoms with van der Waals surface area (Å²) in [6.45, 7) is 2.28. The van der Waals surface area contributed by atoms with Crippen LogP contribution in [0.1, 0.15) is 25.7 Å². The highest BCUT2D eigenvalue weighted by atomic mass is 35.5. The van der Waals surface area contributed by atoms with Gasteiger partial charge in [0.2, 0.25) is 11.9 Å². The van der Waals surface area contributed by atoms with Crippen molar-refractivity contribution in [1.29, 1.82) is 0 Å². The highest BCUT2D eigenvalue weighted by molar-refractivity contribution is 6.32. The molecule has 14 heteroatoms. The van der Waals surface area contributed by atoms with Gasteiger partial charge in [0.25, 0.3) is 5.92 Å². The van der Waals surface area contributed by atoms with E-state index in [1.54, 1.807) is 23.1 Å². The maximum atomic E-state index is 13.6. The van der Waals surface area contributed by atoms with E-state index >= 15 is 0 Å². The molecule has 3 N–H and O–H groups in total. The summed E-state index contributed by atoms with van der Waals surface area (Å²) in [4.78, 5) is 48.7. The van der Waals surface area contributed by atoms with Crippen LogP contribution in [0.25, 0.3) is 11.0 Å². The molecule has 4 heterocycles. The Morgan fingerprint density at radius 1 is 1.18 bits per heavy atom. The summed E-state index contributed by atoms with van der Waals surface area (Å²) in [5.74, 6) is -2.19. The Labute approximate surface area is 233 Å². The third kappa shape index (κ3) is 5.94. The lowest BCUT2D eigenvalue weighted by Crippen LogP contribution is -2.43. The summed E-state index contributed by atoms with van der Waals surface area (Å²) in [6.07, 6.45) is 1.77. The van der Waals surface area contributed by atoms with Crippen LogP contribution in [0.15, 0.2) is 34.0 Å². The Bertz CT molecular complexity index is 1530. The molecule has 0 spiro atoms. The normalized spacial score (nSPS) is 18.7. The molecule has 0 saturated carbocycles. The largest absolute Gasteiger partial charge is 0.359 e. The molecule has 1 aromatic carbocycles. The number of alkyl halides is 2. The lowest BCUT2D eigenvalue weighted by molar-refractivity contribution is -0.120. The summed E-state index contributed by atoms with van der Waals surface area (Å²) in [6, 6.07) is 5.21. The number of halogens is 3. The van der Waals surface area contributed by atoms with Crippen molar-refractivity contribution in [2.75, 3.05) is 43.4 Å². The lowest BCUT2D eigenvalue weighted by Gasteiger charge is -2.31. The van der Waals surface area contributed by atoms with Crippen molar-refractivity contribution in [2.24, 2.45) is 5.92 Å². The summed E-state index contributed by atoms with van der Waals surface area (Å²) in [5, 5.41) is 9.18. The van der Waals surface area contributed by atoms with Gasteiger partial charge in [0, 0.05) is 58.2 Å². The number of nitrogens with one attached hydrogen (secondary N) is 3. The zero-order chi connectivity index (χ0) is 28.4. The first-order valence-electron chi connectivity index (χ1n) is 13.3. The van der Waals surface area contributed by atoms with Crippen LogP contribution in [0, 0.1) is 5.92 Å². The number of nitrogens with zero attached hydrogens (tertiary/aromatic N) is 5. The fourth-order valence-corrected chi connectivity index (χ4v) is 5.27. The Balaban J connectivity index is 1.51. The van der Waals surface area contributed by atoms with E-state index in [0.717, 1.165) is 19.5 Å². The minimum absolute atomic E-state index is 0.0230. The fourth-order valence-electron chi connectivity index (χ4n) is 5.13. The molecule has 214 valence electrons. The van der Waals surface area contributed by atoms with Crippen molar-refractivity contribution in [3.05, 3.63) is 50.1 Å². The highest BCUT2D eigenvalue weighted by Gasteiger charge is 2.35. The number of hydrogen-bond acceptors (Lipinski definition) is 8. The first-order chi connectivity index (χ1) is 19.1. The second kappa shape index (κ2) is 11.5. The molecule has 11 nitrogen and oxygen atoms in total. The van der Waals surface area contributed by atoms with E-state index in [-0.39, 0.29) is 67.5 Å². The molecule has 2 aliphatic rings. The van der Waals surface area contributed by atoms with Crippen molar-refractivity contribution >= 4 is 46.0 Å². The molecule has 1 amide bonds. The number of fused-ring (bicyclic) bond motifs is 1. The Hall–Kier alpha value is -3.58. The molecular weight excluding hydrogens is 546 g/mol. The van der Waals surface area contributed by atoms with Crippen LogP contribution in [-0.2, 0) is 17.9 Å². The minimum atomic E-state index is -2.70. The van der Waals surface area contributed by atoms with E-state index in [1.165, 1.54) is 22.4 Å². The first-order valence-corrected chi connectivity index (χ1v) is 13.6. The molecule has 5 rings (SSSR count). The SMILES string of the molecule is CNC(=O)CCn1c(=O)c(=O)n(CC2CCNC2)c2ccc(Nc3nc(N4CCC(F)(F)CC4)ncc3Cl)cc21. The van der Waals surface area contributed by atoms with Gasteiger partial charge in [-0.3, -0.25) is 14.4 Å². The number of aromatic nitrogens is 4. The smallest absolute Gasteiger partial charge is 0.316 e. The van der Waals surface area contributed by atoms with Gasteiger partial charge in [0.05, 0.1) is 17.2 Å². The predicted octanol–water partition coefficient (Wildman–Crippen LogP) is 2.33. The van der Waals surface area contributed by atoms with Gasteiger partial charge < -0.3 is 30.0 Å². The van der Waals surface area contributed by atoms with Crippen LogP contribution < -0.4 is 32.0 Å². The van der Waals surface area contributed by atoms with Crippen LogP contribution in [0.2, 0.25) is 5.02 Å². The van der Waals surface area contributed by atoms with Crippen molar-refractivity contribution < 1.29 is 13.6 Å². The second-order valence-electron chi connectivity index (χ2n) is 10.2. The number of anilines is 3. The van der Waals surface area contributed by atoms with E-state index in [9.17, 15) is 23.2 Å². The maximum absolute atomic E-state index is 13.6. The average Bonchev–Trinajstić information content (AvgIpc) is 3.45. The molecule has 2 aromatic heterocycles. The third-order valence-corrected chi connectivity index (χ3v) is 7.72. The van der Waals surface area contributed by atoms with Gasteiger partial charge in [-0.2, -0.15) is 4.98 Å². The predicted molar refractivity (Wildman–Crippen MR) is 149 cm³/mol. The quantitative estimate of drug-likeness (QED) is 0.349. The van der Waals surface area contributed by atoms with Gasteiger partial charge in [-0.15, -0.1) is 0 Å². The van der Waals surface area contributed by atoms with Crippen molar-refractivity contribution in [2.45, 2.75) is 44.7 Å². The summed E-state index contributed by atoms with van der Waals surface area (Å²) >= 11 is 6.37. The van der Waals surface area contributed by atoms with E-state index in [2.05, 4.69) is 25.9 Å². The van der Waals surface area contributed by atoms with Crippen LogP contribution in [0.4, 0.5) is 26.2 Å². The zero-order valence-electron chi connectivity index (χ0n) is 22.1. The van der Waals surface area contributed by atoms with Crippen molar-refractivity contribution in [3.8, 4) is 0 Å². The van der Waals surface area contributed by atoms with E-state index < -0.39 is 17.0 Å². The molecule has 2 aliphatic heterocycles. The topological polar surface area (TPSA) is 126 Å². The molecule has 40 heavy (non-hydrogen) atoms.